The molecule has 0 bridgehead atoms. The number of anilines is 1. The number of nitro groups is 1. The van der Waals surface area contributed by atoms with E-state index in [9.17, 15) is 10.1 Å². The van der Waals surface area contributed by atoms with Crippen LogP contribution in [0.3, 0.4) is 0 Å². The third kappa shape index (κ3) is 3.65. The second-order valence-electron chi connectivity index (χ2n) is 4.32. The summed E-state index contributed by atoms with van der Waals surface area (Å²) in [4.78, 5) is 10.4. The predicted molar refractivity (Wildman–Crippen MR) is 74.6 cm³/mol. The molecule has 0 amide bonds. The summed E-state index contributed by atoms with van der Waals surface area (Å²) in [7, 11) is 0. The van der Waals surface area contributed by atoms with Crippen LogP contribution in [0.4, 0.5) is 11.4 Å². The molecule has 0 aromatic heterocycles. The van der Waals surface area contributed by atoms with Crippen molar-refractivity contribution < 1.29 is 14.4 Å². The molecule has 1 aromatic rings. The number of nitro benzene ring substituents is 1. The van der Waals surface area contributed by atoms with E-state index in [0.717, 1.165) is 5.69 Å². The summed E-state index contributed by atoms with van der Waals surface area (Å²) in [5, 5.41) is 14.0. The molecule has 1 fully saturated rings. The van der Waals surface area contributed by atoms with Gasteiger partial charge in [0.1, 0.15) is 0 Å². The summed E-state index contributed by atoms with van der Waals surface area (Å²) >= 11 is 3.34. The lowest BCUT2D eigenvalue weighted by Gasteiger charge is -2.23. The Morgan fingerprint density at radius 3 is 2.95 bits per heavy atom. The van der Waals surface area contributed by atoms with E-state index < -0.39 is 0 Å². The number of benzene rings is 1. The molecule has 6 nitrogen and oxygen atoms in total. The van der Waals surface area contributed by atoms with E-state index in [1.54, 1.807) is 13.0 Å². The number of hydrogen-bond acceptors (Lipinski definition) is 5. The van der Waals surface area contributed by atoms with E-state index in [1.807, 2.05) is 0 Å². The molecule has 1 unspecified atom stereocenters. The minimum atomic E-state index is -0.387. The van der Waals surface area contributed by atoms with Crippen LogP contribution < -0.4 is 5.32 Å². The zero-order valence-electron chi connectivity index (χ0n) is 10.5. The van der Waals surface area contributed by atoms with Gasteiger partial charge >= 0.3 is 0 Å². The molecule has 0 radical (unpaired) electrons. The molecule has 104 valence electrons. The van der Waals surface area contributed by atoms with Crippen LogP contribution >= 0.6 is 15.9 Å². The van der Waals surface area contributed by atoms with Crippen LogP contribution in [0.1, 0.15) is 5.56 Å². The van der Waals surface area contributed by atoms with Crippen molar-refractivity contribution in [2.24, 2.45) is 0 Å². The first-order valence-electron chi connectivity index (χ1n) is 5.95. The third-order valence-electron chi connectivity index (χ3n) is 2.89. The van der Waals surface area contributed by atoms with Gasteiger partial charge in [0.2, 0.25) is 0 Å². The number of ether oxygens (including phenoxy) is 2. The summed E-state index contributed by atoms with van der Waals surface area (Å²) in [6.45, 7) is 4.13. The van der Waals surface area contributed by atoms with Gasteiger partial charge in [-0.3, -0.25) is 10.1 Å². The van der Waals surface area contributed by atoms with E-state index in [2.05, 4.69) is 21.2 Å². The van der Waals surface area contributed by atoms with E-state index in [0.29, 0.717) is 36.4 Å². The van der Waals surface area contributed by atoms with Gasteiger partial charge in [-0.05, 0) is 28.9 Å². The molecule has 1 aromatic carbocycles. The Kier molecular flexibility index (Phi) is 4.73. The normalized spacial score (nSPS) is 19.2. The molecule has 19 heavy (non-hydrogen) atoms. The first kappa shape index (κ1) is 14.2. The van der Waals surface area contributed by atoms with Crippen LogP contribution in [-0.4, -0.2) is 37.4 Å². The molecule has 1 aliphatic heterocycles. The molecule has 1 aliphatic rings. The lowest BCUT2D eigenvalue weighted by Crippen LogP contribution is -2.34. The fourth-order valence-electron chi connectivity index (χ4n) is 1.88. The summed E-state index contributed by atoms with van der Waals surface area (Å²) < 4.78 is 11.5. The standard InChI is InChI=1S/C12H15BrN2O4/c1-8-4-11(10(13)5-12(8)15(16)17)14-6-9-7-18-2-3-19-9/h4-5,9,14H,2-3,6-7H2,1H3. The maximum atomic E-state index is 10.8. The van der Waals surface area contributed by atoms with Crippen molar-refractivity contribution in [2.75, 3.05) is 31.7 Å². The molecular weight excluding hydrogens is 316 g/mol. The molecule has 1 atom stereocenters. The summed E-state index contributed by atoms with van der Waals surface area (Å²) in [6.07, 6.45) is 0.0103. The van der Waals surface area contributed by atoms with Gasteiger partial charge in [0, 0.05) is 28.3 Å². The monoisotopic (exact) mass is 330 g/mol. The van der Waals surface area contributed by atoms with E-state index in [-0.39, 0.29) is 16.7 Å². The molecule has 0 aliphatic carbocycles. The van der Waals surface area contributed by atoms with Crippen LogP contribution in [0.5, 0.6) is 0 Å². The Balaban J connectivity index is 2.04. The topological polar surface area (TPSA) is 73.6 Å². The molecular formula is C12H15BrN2O4. The molecule has 7 heteroatoms. The zero-order valence-corrected chi connectivity index (χ0v) is 12.1. The Labute approximate surface area is 119 Å². The van der Waals surface area contributed by atoms with Gasteiger partial charge in [0.15, 0.2) is 0 Å². The number of aryl methyl sites for hydroxylation is 1. The maximum Gasteiger partial charge on any atom is 0.273 e. The largest absolute Gasteiger partial charge is 0.381 e. The van der Waals surface area contributed by atoms with Gasteiger partial charge in [-0.25, -0.2) is 0 Å². The SMILES string of the molecule is Cc1cc(NCC2COCCO2)c(Br)cc1[N+](=O)[O-]. The average Bonchev–Trinajstić information content (AvgIpc) is 2.40. The minimum absolute atomic E-state index is 0.0103. The first-order chi connectivity index (χ1) is 9.08. The van der Waals surface area contributed by atoms with Crippen molar-refractivity contribution >= 4 is 27.3 Å². The number of rotatable bonds is 4. The zero-order chi connectivity index (χ0) is 13.8. The minimum Gasteiger partial charge on any atom is -0.381 e. The molecule has 1 N–H and O–H groups in total. The Bertz CT molecular complexity index is 475. The highest BCUT2D eigenvalue weighted by Crippen LogP contribution is 2.30. The van der Waals surface area contributed by atoms with Crippen LogP contribution in [0.2, 0.25) is 0 Å². The van der Waals surface area contributed by atoms with Crippen LogP contribution in [0.25, 0.3) is 0 Å². The van der Waals surface area contributed by atoms with Crippen molar-refractivity contribution in [1.29, 1.82) is 0 Å². The van der Waals surface area contributed by atoms with Crippen molar-refractivity contribution in [2.45, 2.75) is 13.0 Å². The van der Waals surface area contributed by atoms with Crippen LogP contribution in [0.15, 0.2) is 16.6 Å². The summed E-state index contributed by atoms with van der Waals surface area (Å²) in [5.41, 5.74) is 1.54. The van der Waals surface area contributed by atoms with Gasteiger partial charge in [0.05, 0.1) is 30.8 Å². The van der Waals surface area contributed by atoms with Gasteiger partial charge in [0.25, 0.3) is 5.69 Å². The second-order valence-corrected chi connectivity index (χ2v) is 5.18. The number of hydrogen-bond donors (Lipinski definition) is 1. The number of halogens is 1. The Morgan fingerprint density at radius 1 is 1.53 bits per heavy atom. The lowest BCUT2D eigenvalue weighted by atomic mass is 10.2. The van der Waals surface area contributed by atoms with Crippen LogP contribution in [0, 0.1) is 17.0 Å². The first-order valence-corrected chi connectivity index (χ1v) is 6.75. The van der Waals surface area contributed by atoms with Gasteiger partial charge in [-0.2, -0.15) is 0 Å². The fraction of sp³-hybridized carbons (Fsp3) is 0.500. The predicted octanol–water partition coefficient (Wildman–Crippen LogP) is 2.49. The lowest BCUT2D eigenvalue weighted by molar-refractivity contribution is -0.385. The fourth-order valence-corrected chi connectivity index (χ4v) is 2.35. The van der Waals surface area contributed by atoms with Crippen molar-refractivity contribution in [3.05, 3.63) is 32.3 Å². The maximum absolute atomic E-state index is 10.8. The highest BCUT2D eigenvalue weighted by atomic mass is 79.9. The molecule has 0 spiro atoms. The van der Waals surface area contributed by atoms with Crippen molar-refractivity contribution in [3.63, 3.8) is 0 Å². The van der Waals surface area contributed by atoms with Crippen molar-refractivity contribution in [1.82, 2.24) is 0 Å². The Hall–Kier alpha value is -1.18. The number of nitrogens with one attached hydrogen (secondary N) is 1. The van der Waals surface area contributed by atoms with Gasteiger partial charge in [-0.1, -0.05) is 0 Å². The van der Waals surface area contributed by atoms with Crippen molar-refractivity contribution in [3.8, 4) is 0 Å². The van der Waals surface area contributed by atoms with E-state index in [4.69, 9.17) is 9.47 Å². The highest BCUT2D eigenvalue weighted by molar-refractivity contribution is 9.10. The average molecular weight is 331 g/mol. The molecule has 1 saturated heterocycles. The summed E-state index contributed by atoms with van der Waals surface area (Å²) in [5.74, 6) is 0. The Morgan fingerprint density at radius 2 is 2.32 bits per heavy atom. The molecule has 2 rings (SSSR count). The highest BCUT2D eigenvalue weighted by Gasteiger charge is 2.17. The smallest absolute Gasteiger partial charge is 0.273 e. The van der Waals surface area contributed by atoms with E-state index >= 15 is 0 Å². The molecule has 1 heterocycles. The van der Waals surface area contributed by atoms with Crippen LogP contribution in [-0.2, 0) is 9.47 Å². The number of nitrogens with zero attached hydrogens (tertiary/aromatic N) is 1. The van der Waals surface area contributed by atoms with Gasteiger partial charge < -0.3 is 14.8 Å². The third-order valence-corrected chi connectivity index (χ3v) is 3.54. The quantitative estimate of drug-likeness (QED) is 0.678. The molecule has 0 saturated carbocycles. The van der Waals surface area contributed by atoms with E-state index in [1.165, 1.54) is 6.07 Å². The summed E-state index contributed by atoms with van der Waals surface area (Å²) in [6, 6.07) is 3.27. The van der Waals surface area contributed by atoms with Gasteiger partial charge in [-0.15, -0.1) is 0 Å². The second kappa shape index (κ2) is 6.31.